The molecule has 0 heterocycles. The van der Waals surface area contributed by atoms with Crippen molar-refractivity contribution in [2.45, 2.75) is 51.3 Å². The molecule has 0 saturated heterocycles. The molecule has 0 atom stereocenters. The molecule has 1 aliphatic rings. The zero-order chi connectivity index (χ0) is 21.7. The Kier molecular flexibility index (Phi) is 6.98. The predicted octanol–water partition coefficient (Wildman–Crippen LogP) is 4.42. The maximum Gasteiger partial charge on any atom is 0.264 e. The Morgan fingerprint density at radius 1 is 1.00 bits per heavy atom. The number of benzene rings is 2. The molecule has 160 valence electrons. The Morgan fingerprint density at radius 2 is 1.70 bits per heavy atom. The molecule has 3 rings (SSSR count). The molecule has 0 fully saturated rings. The number of carbonyl (C=O) groups excluding carboxylic acids is 1. The Balaban J connectivity index is 1.89. The second-order valence-corrected chi connectivity index (χ2v) is 9.86. The zero-order valence-electron chi connectivity index (χ0n) is 17.9. The van der Waals surface area contributed by atoms with Gasteiger partial charge in [-0.15, -0.1) is 0 Å². The standard InChI is InChI=1S/C24H30N2O3S/c1-18-10-13-22(14-11-18)30(28,29)26(23-15-19(2)9-12-20(23)3)17-24(27)25-16-21-7-5-4-6-8-21/h7,9-15H,4-6,8,16-17H2,1-3H3,(H,25,27). The SMILES string of the molecule is Cc1ccc(S(=O)(=O)N(CC(=O)NCC2=CCCCC2)c2cc(C)ccc2C)cc1. The van der Waals surface area contributed by atoms with E-state index in [0.29, 0.717) is 12.2 Å². The van der Waals surface area contributed by atoms with Gasteiger partial charge in [0.15, 0.2) is 0 Å². The Hall–Kier alpha value is -2.60. The zero-order valence-corrected chi connectivity index (χ0v) is 18.8. The van der Waals surface area contributed by atoms with E-state index in [1.165, 1.54) is 16.3 Å². The van der Waals surface area contributed by atoms with Crippen molar-refractivity contribution in [3.63, 3.8) is 0 Å². The number of aryl methyl sites for hydroxylation is 3. The van der Waals surface area contributed by atoms with E-state index in [1.807, 2.05) is 39.0 Å². The van der Waals surface area contributed by atoms with Gasteiger partial charge in [0.2, 0.25) is 5.91 Å². The van der Waals surface area contributed by atoms with Crippen LogP contribution in [0.15, 0.2) is 59.0 Å². The highest BCUT2D eigenvalue weighted by Crippen LogP contribution is 2.28. The average molecular weight is 427 g/mol. The lowest BCUT2D eigenvalue weighted by Gasteiger charge is -2.26. The highest BCUT2D eigenvalue weighted by molar-refractivity contribution is 7.92. The minimum absolute atomic E-state index is 0.178. The van der Waals surface area contributed by atoms with Crippen molar-refractivity contribution < 1.29 is 13.2 Å². The second-order valence-electron chi connectivity index (χ2n) is 8.00. The van der Waals surface area contributed by atoms with Crippen LogP contribution in [0.5, 0.6) is 0 Å². The van der Waals surface area contributed by atoms with E-state index in [-0.39, 0.29) is 17.3 Å². The van der Waals surface area contributed by atoms with Crippen molar-refractivity contribution >= 4 is 21.6 Å². The van der Waals surface area contributed by atoms with Gasteiger partial charge in [-0.3, -0.25) is 9.10 Å². The number of sulfonamides is 1. The third kappa shape index (κ3) is 5.30. The second kappa shape index (κ2) is 9.47. The van der Waals surface area contributed by atoms with Gasteiger partial charge in [0.1, 0.15) is 6.54 Å². The van der Waals surface area contributed by atoms with E-state index in [1.54, 1.807) is 24.3 Å². The van der Waals surface area contributed by atoms with Crippen LogP contribution in [0, 0.1) is 20.8 Å². The van der Waals surface area contributed by atoms with Crippen molar-refractivity contribution in [1.29, 1.82) is 0 Å². The molecule has 0 unspecified atom stereocenters. The molecule has 1 aliphatic carbocycles. The summed E-state index contributed by atoms with van der Waals surface area (Å²) in [6.07, 6.45) is 6.53. The van der Waals surface area contributed by atoms with Crippen LogP contribution in [0.4, 0.5) is 5.69 Å². The van der Waals surface area contributed by atoms with Crippen molar-refractivity contribution in [1.82, 2.24) is 5.32 Å². The lowest BCUT2D eigenvalue weighted by atomic mass is 10.00. The maximum atomic E-state index is 13.5. The summed E-state index contributed by atoms with van der Waals surface area (Å²) in [5.74, 6) is -0.307. The number of rotatable bonds is 7. The van der Waals surface area contributed by atoms with Crippen LogP contribution in [0.1, 0.15) is 42.4 Å². The third-order valence-corrected chi connectivity index (χ3v) is 7.20. The monoisotopic (exact) mass is 426 g/mol. The highest BCUT2D eigenvalue weighted by Gasteiger charge is 2.28. The molecule has 0 spiro atoms. The largest absolute Gasteiger partial charge is 0.351 e. The predicted molar refractivity (Wildman–Crippen MR) is 121 cm³/mol. The molecular formula is C24H30N2O3S. The van der Waals surface area contributed by atoms with Gasteiger partial charge in [-0.2, -0.15) is 0 Å². The van der Waals surface area contributed by atoms with Crippen LogP contribution in [-0.4, -0.2) is 27.4 Å². The molecule has 5 nitrogen and oxygen atoms in total. The van der Waals surface area contributed by atoms with Gasteiger partial charge in [0, 0.05) is 6.54 Å². The van der Waals surface area contributed by atoms with Crippen LogP contribution >= 0.6 is 0 Å². The summed E-state index contributed by atoms with van der Waals surface area (Å²) in [6.45, 7) is 5.90. The highest BCUT2D eigenvalue weighted by atomic mass is 32.2. The maximum absolute atomic E-state index is 13.5. The number of amides is 1. The van der Waals surface area contributed by atoms with Gasteiger partial charge in [-0.1, -0.05) is 41.5 Å². The first-order valence-corrected chi connectivity index (χ1v) is 11.8. The minimum atomic E-state index is -3.89. The van der Waals surface area contributed by atoms with Crippen LogP contribution in [0.3, 0.4) is 0 Å². The molecule has 0 saturated carbocycles. The first kappa shape index (κ1) is 22.1. The lowest BCUT2D eigenvalue weighted by Crippen LogP contribution is -2.41. The van der Waals surface area contributed by atoms with E-state index >= 15 is 0 Å². The number of nitrogens with one attached hydrogen (secondary N) is 1. The lowest BCUT2D eigenvalue weighted by molar-refractivity contribution is -0.119. The number of allylic oxidation sites excluding steroid dienone is 1. The Morgan fingerprint density at radius 3 is 2.37 bits per heavy atom. The van der Waals surface area contributed by atoms with Gasteiger partial charge in [0.25, 0.3) is 10.0 Å². The first-order valence-electron chi connectivity index (χ1n) is 10.4. The molecule has 0 bridgehead atoms. The Bertz CT molecular complexity index is 1040. The fraction of sp³-hybridized carbons (Fsp3) is 0.375. The van der Waals surface area contributed by atoms with Crippen LogP contribution in [0.2, 0.25) is 0 Å². The molecule has 2 aromatic rings. The van der Waals surface area contributed by atoms with E-state index in [9.17, 15) is 13.2 Å². The number of anilines is 1. The van der Waals surface area contributed by atoms with E-state index in [2.05, 4.69) is 11.4 Å². The van der Waals surface area contributed by atoms with E-state index < -0.39 is 10.0 Å². The van der Waals surface area contributed by atoms with Crippen molar-refractivity contribution in [3.8, 4) is 0 Å². The van der Waals surface area contributed by atoms with Gasteiger partial charge >= 0.3 is 0 Å². The molecule has 0 aliphatic heterocycles. The molecule has 6 heteroatoms. The van der Waals surface area contributed by atoms with Crippen LogP contribution < -0.4 is 9.62 Å². The minimum Gasteiger partial charge on any atom is -0.351 e. The number of hydrogen-bond acceptors (Lipinski definition) is 3. The van der Waals surface area contributed by atoms with Gasteiger partial charge < -0.3 is 5.32 Å². The van der Waals surface area contributed by atoms with E-state index in [4.69, 9.17) is 0 Å². The topological polar surface area (TPSA) is 66.5 Å². The van der Waals surface area contributed by atoms with Crippen molar-refractivity contribution in [3.05, 3.63) is 70.8 Å². The van der Waals surface area contributed by atoms with Crippen LogP contribution in [-0.2, 0) is 14.8 Å². The summed E-state index contributed by atoms with van der Waals surface area (Å²) < 4.78 is 28.2. The van der Waals surface area contributed by atoms with Crippen LogP contribution in [0.25, 0.3) is 0 Å². The summed E-state index contributed by atoms with van der Waals surface area (Å²) in [5.41, 5.74) is 4.47. The van der Waals surface area contributed by atoms with Crippen molar-refractivity contribution in [2.75, 3.05) is 17.4 Å². The van der Waals surface area contributed by atoms with Gasteiger partial charge in [-0.05, 0) is 75.8 Å². The molecule has 30 heavy (non-hydrogen) atoms. The van der Waals surface area contributed by atoms with E-state index in [0.717, 1.165) is 36.0 Å². The Labute approximate surface area is 179 Å². The molecule has 0 aromatic heterocycles. The number of carbonyl (C=O) groups is 1. The number of hydrogen-bond donors (Lipinski definition) is 1. The smallest absolute Gasteiger partial charge is 0.264 e. The normalized spacial score (nSPS) is 14.2. The summed E-state index contributed by atoms with van der Waals surface area (Å²) in [5, 5.41) is 2.91. The summed E-state index contributed by atoms with van der Waals surface area (Å²) in [4.78, 5) is 12.9. The molecular weight excluding hydrogens is 396 g/mol. The fourth-order valence-corrected chi connectivity index (χ4v) is 5.07. The van der Waals surface area contributed by atoms with Gasteiger partial charge in [0.05, 0.1) is 10.6 Å². The summed E-state index contributed by atoms with van der Waals surface area (Å²) in [6, 6.07) is 12.4. The molecule has 0 radical (unpaired) electrons. The summed E-state index contributed by atoms with van der Waals surface area (Å²) >= 11 is 0. The van der Waals surface area contributed by atoms with Gasteiger partial charge in [-0.25, -0.2) is 8.42 Å². The average Bonchev–Trinajstić information content (AvgIpc) is 2.73. The molecule has 2 aromatic carbocycles. The molecule has 1 amide bonds. The quantitative estimate of drug-likeness (QED) is 0.667. The van der Waals surface area contributed by atoms with Crippen molar-refractivity contribution in [2.24, 2.45) is 0 Å². The fourth-order valence-electron chi connectivity index (χ4n) is 3.59. The number of nitrogens with zero attached hydrogens (tertiary/aromatic N) is 1. The third-order valence-electron chi connectivity index (χ3n) is 5.43. The summed E-state index contributed by atoms with van der Waals surface area (Å²) in [7, 11) is -3.89. The molecule has 1 N–H and O–H groups in total. The first-order chi connectivity index (χ1) is 14.3.